The number of hydrogen-bond donors (Lipinski definition) is 2. The van der Waals surface area contributed by atoms with Crippen LogP contribution in [-0.2, 0) is 21.8 Å². The zero-order valence-corrected chi connectivity index (χ0v) is 24.7. The third kappa shape index (κ3) is 7.14. The first kappa shape index (κ1) is 30.0. The molecular weight excluding hydrogens is 575 g/mol. The zero-order valence-electron chi connectivity index (χ0n) is 23.9. The van der Waals surface area contributed by atoms with Crippen molar-refractivity contribution in [1.29, 1.82) is 0 Å². The lowest BCUT2D eigenvalue weighted by molar-refractivity contribution is -0.131. The smallest absolute Gasteiger partial charge is 0.488 e. The molecule has 43 heavy (non-hydrogen) atoms. The van der Waals surface area contributed by atoms with Gasteiger partial charge in [-0.05, 0) is 48.7 Å². The van der Waals surface area contributed by atoms with Crippen LogP contribution in [-0.4, -0.2) is 43.2 Å². The average molecular weight is 609 g/mol. The highest BCUT2D eigenvalue weighted by molar-refractivity contribution is 7.81. The van der Waals surface area contributed by atoms with Gasteiger partial charge in [-0.2, -0.15) is 8.42 Å². The summed E-state index contributed by atoms with van der Waals surface area (Å²) in [6.45, 7) is 4.60. The fourth-order valence-electron chi connectivity index (χ4n) is 5.35. The van der Waals surface area contributed by atoms with Crippen molar-refractivity contribution in [2.24, 2.45) is 4.99 Å². The summed E-state index contributed by atoms with van der Waals surface area (Å²) in [5.74, 6) is 0.370. The Morgan fingerprint density at radius 2 is 1.88 bits per heavy atom. The van der Waals surface area contributed by atoms with Gasteiger partial charge in [0.25, 0.3) is 5.91 Å². The van der Waals surface area contributed by atoms with E-state index >= 15 is 0 Å². The number of ether oxygens (including phenoxy) is 1. The molecule has 3 aromatic rings. The number of hydrogen-bond acceptors (Lipinski definition) is 7. The first-order chi connectivity index (χ1) is 20.6. The Morgan fingerprint density at radius 1 is 1.12 bits per heavy atom. The summed E-state index contributed by atoms with van der Waals surface area (Å²) < 4.78 is 45.1. The number of rotatable bonds is 9. The molecule has 10 nitrogen and oxygen atoms in total. The molecule has 1 saturated heterocycles. The largest absolute Gasteiger partial charge is 0.493 e. The third-order valence-electron chi connectivity index (χ3n) is 7.82. The van der Waals surface area contributed by atoms with Gasteiger partial charge in [-0.25, -0.2) is 4.99 Å². The molecule has 226 valence electrons. The van der Waals surface area contributed by atoms with Crippen LogP contribution in [0.2, 0.25) is 0 Å². The number of halogens is 1. The number of nitrogens with one attached hydrogen (secondary N) is 2. The fourth-order valence-corrected chi connectivity index (χ4v) is 5.68. The molecular formula is C31H33FN4O6S. The van der Waals surface area contributed by atoms with Crippen LogP contribution in [0, 0.1) is 0 Å². The van der Waals surface area contributed by atoms with Crippen molar-refractivity contribution in [3.05, 3.63) is 89.5 Å². The Kier molecular flexibility index (Phi) is 8.67. The van der Waals surface area contributed by atoms with E-state index in [2.05, 4.69) is 19.8 Å². The fraction of sp³-hybridized carbons (Fsp3) is 0.323. The van der Waals surface area contributed by atoms with E-state index in [0.717, 1.165) is 11.3 Å². The summed E-state index contributed by atoms with van der Waals surface area (Å²) >= 11 is 0. The van der Waals surface area contributed by atoms with Gasteiger partial charge in [0.15, 0.2) is 0 Å². The topological polar surface area (TPSA) is 126 Å². The number of amides is 2. The molecule has 2 heterocycles. The standard InChI is InChI=1S/C31H33FN4O6S/c1-3-31(4-2)19-28(37)36(30(35-31)33-23-11-8-12-24(18-23)42-43(32,39)40)20-21-9-7-10-22(17-21)29(38)34-26-15-16-41-27-14-6-5-13-25(26)27/h5-14,17-18,26H,3-4,15-16,19-20H2,1-2H3,(H,33,35)(H,34,38)/t26-/m0/s1. The van der Waals surface area contributed by atoms with Crippen LogP contribution in [0.5, 0.6) is 11.5 Å². The first-order valence-electron chi connectivity index (χ1n) is 14.1. The lowest BCUT2D eigenvalue weighted by Gasteiger charge is -2.42. The number of guanidine groups is 1. The summed E-state index contributed by atoms with van der Waals surface area (Å²) in [7, 11) is -5.22. The van der Waals surface area contributed by atoms with E-state index < -0.39 is 16.0 Å². The molecule has 0 radical (unpaired) electrons. The second-order valence-corrected chi connectivity index (χ2v) is 11.5. The van der Waals surface area contributed by atoms with E-state index in [9.17, 15) is 21.9 Å². The van der Waals surface area contributed by atoms with Gasteiger partial charge in [-0.1, -0.05) is 54.1 Å². The Labute approximate surface area is 250 Å². The minimum Gasteiger partial charge on any atom is -0.493 e. The Bertz CT molecular complexity index is 1660. The lowest BCUT2D eigenvalue weighted by Crippen LogP contribution is -2.61. The van der Waals surface area contributed by atoms with Crippen molar-refractivity contribution in [1.82, 2.24) is 15.5 Å². The van der Waals surface area contributed by atoms with Gasteiger partial charge in [-0.15, -0.1) is 0 Å². The van der Waals surface area contributed by atoms with Crippen LogP contribution in [0.3, 0.4) is 0 Å². The summed E-state index contributed by atoms with van der Waals surface area (Å²) in [5, 5.41) is 6.52. The van der Waals surface area contributed by atoms with Crippen molar-refractivity contribution >= 4 is 34.0 Å². The molecule has 0 spiro atoms. The van der Waals surface area contributed by atoms with Crippen LogP contribution < -0.4 is 19.6 Å². The van der Waals surface area contributed by atoms with Crippen molar-refractivity contribution in [3.8, 4) is 11.5 Å². The molecule has 1 fully saturated rings. The maximum absolute atomic E-state index is 13.5. The SMILES string of the molecule is CCC1(CC)CC(=O)N(Cc2cccc(C(=O)N[C@H]3CCOc4ccccc43)c2)/C(=N\c2cccc(OS(=O)(=O)F)c2)N1. The summed E-state index contributed by atoms with van der Waals surface area (Å²) in [6, 6.07) is 20.1. The molecule has 12 heteroatoms. The van der Waals surface area contributed by atoms with Crippen LogP contribution in [0.15, 0.2) is 77.8 Å². The number of benzene rings is 3. The monoisotopic (exact) mass is 608 g/mol. The number of nitrogens with zero attached hydrogens (tertiary/aromatic N) is 2. The maximum Gasteiger partial charge on any atom is 0.488 e. The average Bonchev–Trinajstić information content (AvgIpc) is 2.98. The van der Waals surface area contributed by atoms with E-state index in [1.807, 2.05) is 44.2 Å². The van der Waals surface area contributed by atoms with Gasteiger partial charge < -0.3 is 19.6 Å². The quantitative estimate of drug-likeness (QED) is 0.324. The molecule has 0 saturated carbocycles. The summed E-state index contributed by atoms with van der Waals surface area (Å²) in [6.07, 6.45) is 2.22. The molecule has 1 atom stereocenters. The van der Waals surface area contributed by atoms with Crippen molar-refractivity contribution < 1.29 is 30.8 Å². The van der Waals surface area contributed by atoms with Crippen molar-refractivity contribution in [3.63, 3.8) is 0 Å². The van der Waals surface area contributed by atoms with E-state index in [-0.39, 0.29) is 48.2 Å². The number of carbonyl (C=O) groups excluding carboxylic acids is 2. The van der Waals surface area contributed by atoms with Gasteiger partial charge in [0.2, 0.25) is 11.9 Å². The molecule has 3 aromatic carbocycles. The Morgan fingerprint density at radius 3 is 2.65 bits per heavy atom. The normalized spacial score (nSPS) is 18.8. The second-order valence-electron chi connectivity index (χ2n) is 10.6. The van der Waals surface area contributed by atoms with Gasteiger partial charge in [0.05, 0.1) is 31.3 Å². The molecule has 0 bridgehead atoms. The number of fused-ring (bicyclic) bond motifs is 1. The highest BCUT2D eigenvalue weighted by Crippen LogP contribution is 2.32. The molecule has 0 aliphatic carbocycles. The highest BCUT2D eigenvalue weighted by Gasteiger charge is 2.39. The van der Waals surface area contributed by atoms with Crippen LogP contribution in [0.1, 0.15) is 67.1 Å². The first-order valence-corrected chi connectivity index (χ1v) is 15.4. The molecule has 0 aromatic heterocycles. The summed E-state index contributed by atoms with van der Waals surface area (Å²) in [5.41, 5.74) is 1.83. The minimum absolute atomic E-state index is 0.129. The predicted octanol–water partition coefficient (Wildman–Crippen LogP) is 5.10. The van der Waals surface area contributed by atoms with Gasteiger partial charge in [0, 0.05) is 29.2 Å². The number of aliphatic imine (C=N–C) groups is 1. The molecule has 5 rings (SSSR count). The Balaban J connectivity index is 1.40. The van der Waals surface area contributed by atoms with Gasteiger partial charge in [0.1, 0.15) is 11.5 Å². The van der Waals surface area contributed by atoms with E-state index in [1.54, 1.807) is 24.3 Å². The minimum atomic E-state index is -5.22. The third-order valence-corrected chi connectivity index (χ3v) is 8.21. The summed E-state index contributed by atoms with van der Waals surface area (Å²) in [4.78, 5) is 32.9. The maximum atomic E-state index is 13.5. The number of carbonyl (C=O) groups is 2. The van der Waals surface area contributed by atoms with E-state index in [4.69, 9.17) is 4.74 Å². The predicted molar refractivity (Wildman–Crippen MR) is 159 cm³/mol. The zero-order chi connectivity index (χ0) is 30.6. The van der Waals surface area contributed by atoms with Crippen LogP contribution in [0.25, 0.3) is 0 Å². The van der Waals surface area contributed by atoms with E-state index in [1.165, 1.54) is 23.1 Å². The molecule has 2 aliphatic heterocycles. The van der Waals surface area contributed by atoms with Crippen molar-refractivity contribution in [2.75, 3.05) is 6.61 Å². The Hall–Kier alpha value is -4.45. The molecule has 0 unspecified atom stereocenters. The second kappa shape index (κ2) is 12.4. The van der Waals surface area contributed by atoms with Crippen molar-refractivity contribution in [2.45, 2.75) is 57.7 Å². The van der Waals surface area contributed by atoms with Gasteiger partial charge >= 0.3 is 10.5 Å². The molecule has 2 aliphatic rings. The van der Waals surface area contributed by atoms with Gasteiger partial charge in [-0.3, -0.25) is 14.5 Å². The molecule has 2 amide bonds. The van der Waals surface area contributed by atoms with E-state index in [0.29, 0.717) is 37.0 Å². The van der Waals surface area contributed by atoms with Crippen LogP contribution in [0.4, 0.5) is 9.57 Å². The molecule has 2 N–H and O–H groups in total. The van der Waals surface area contributed by atoms with Crippen LogP contribution >= 0.6 is 0 Å². The highest BCUT2D eigenvalue weighted by atomic mass is 32.3. The lowest BCUT2D eigenvalue weighted by atomic mass is 9.86. The number of para-hydroxylation sites is 1.